The lowest BCUT2D eigenvalue weighted by atomic mass is 10.0. The molecular weight excluding hydrogens is 501 g/mol. The second-order valence-electron chi connectivity index (χ2n) is 10.8. The lowest BCUT2D eigenvalue weighted by Crippen LogP contribution is -2.39. The summed E-state index contributed by atoms with van der Waals surface area (Å²) in [6.07, 6.45) is 26.7. The van der Waals surface area contributed by atoms with E-state index >= 15 is 0 Å². The molecule has 0 aromatic heterocycles. The normalized spacial score (nSPS) is 11.7. The van der Waals surface area contributed by atoms with Gasteiger partial charge in [-0.05, 0) is 12.8 Å². The number of hydrogen-bond acceptors (Lipinski definition) is 4. The Morgan fingerprint density at radius 2 is 0.842 bits per heavy atom. The molecule has 0 heterocycles. The topological polar surface area (TPSA) is 104 Å². The van der Waals surface area contributed by atoms with Crippen molar-refractivity contribution in [3.05, 3.63) is 0 Å². The van der Waals surface area contributed by atoms with Crippen molar-refractivity contribution in [2.45, 2.75) is 168 Å². The van der Waals surface area contributed by atoms with Gasteiger partial charge in [-0.2, -0.15) is 0 Å². The van der Waals surface area contributed by atoms with Gasteiger partial charge >= 0.3 is 7.82 Å². The zero-order valence-electron chi connectivity index (χ0n) is 24.8. The third-order valence-corrected chi connectivity index (χ3v) is 7.68. The molecule has 0 unspecified atom stereocenters. The fraction of sp³-hybridized carbons (Fsp3) is 0.933. The van der Waals surface area contributed by atoms with Gasteiger partial charge in [0.1, 0.15) is 0 Å². The maximum Gasteiger partial charge on any atom is 0.469 e. The Bertz CT molecular complexity index is 572. The van der Waals surface area contributed by atoms with E-state index < -0.39 is 7.82 Å². The van der Waals surface area contributed by atoms with Crippen LogP contribution in [0.4, 0.5) is 0 Å². The number of carbonyl (C=O) groups is 2. The van der Waals surface area contributed by atoms with Crippen LogP contribution in [0.2, 0.25) is 0 Å². The van der Waals surface area contributed by atoms with E-state index in [9.17, 15) is 14.2 Å². The summed E-state index contributed by atoms with van der Waals surface area (Å²) >= 11 is 0. The molecule has 0 spiro atoms. The SMILES string of the molecule is CCCCCCCCCCCCCC(=O)N(CCOP(=O)(O)O)C(=O)CCCCCCCCCCCCC. The number of amides is 2. The quantitative estimate of drug-likeness (QED) is 0.0730. The molecule has 0 aliphatic rings. The summed E-state index contributed by atoms with van der Waals surface area (Å²) in [5.74, 6) is -0.522. The van der Waals surface area contributed by atoms with Crippen molar-refractivity contribution in [3.8, 4) is 0 Å². The van der Waals surface area contributed by atoms with Crippen molar-refractivity contribution in [1.29, 1.82) is 0 Å². The van der Waals surface area contributed by atoms with E-state index in [1.54, 1.807) is 0 Å². The standard InChI is InChI=1S/C30H60NO6P/c1-3-5-7-9-11-13-15-17-19-21-23-25-29(32)31(27-28-37-38(34,35)36)30(33)26-24-22-20-18-16-14-12-10-8-6-4-2/h3-28H2,1-2H3,(H2,34,35,36). The number of carbonyl (C=O) groups excluding carboxylic acids is 2. The molecule has 0 aromatic rings. The van der Waals surface area contributed by atoms with Crippen molar-refractivity contribution in [1.82, 2.24) is 4.90 Å². The fourth-order valence-electron chi connectivity index (χ4n) is 4.79. The molecule has 0 rings (SSSR count). The second-order valence-corrected chi connectivity index (χ2v) is 12.1. The Morgan fingerprint density at radius 3 is 1.13 bits per heavy atom. The second kappa shape index (κ2) is 26.5. The van der Waals surface area contributed by atoms with Crippen molar-refractivity contribution < 1.29 is 28.5 Å². The van der Waals surface area contributed by atoms with Crippen molar-refractivity contribution >= 4 is 19.6 Å². The van der Waals surface area contributed by atoms with E-state index in [1.807, 2.05) is 0 Å². The number of phosphoric ester groups is 1. The summed E-state index contributed by atoms with van der Waals surface area (Å²) in [7, 11) is -4.63. The molecular formula is C30H60NO6P. The molecule has 0 aromatic carbocycles. The lowest BCUT2D eigenvalue weighted by molar-refractivity contribution is -0.145. The number of imide groups is 1. The predicted molar refractivity (Wildman–Crippen MR) is 157 cm³/mol. The summed E-state index contributed by atoms with van der Waals surface area (Å²) in [5.41, 5.74) is 0. The van der Waals surface area contributed by atoms with Gasteiger partial charge in [0.15, 0.2) is 0 Å². The van der Waals surface area contributed by atoms with Gasteiger partial charge in [0.05, 0.1) is 13.2 Å². The Kier molecular flexibility index (Phi) is 25.9. The fourth-order valence-corrected chi connectivity index (χ4v) is 5.11. The number of hydrogen-bond donors (Lipinski definition) is 2. The molecule has 7 nitrogen and oxygen atoms in total. The number of unbranched alkanes of at least 4 members (excludes halogenated alkanes) is 20. The minimum atomic E-state index is -4.63. The average molecular weight is 562 g/mol. The monoisotopic (exact) mass is 561 g/mol. The molecule has 0 aliphatic carbocycles. The van der Waals surface area contributed by atoms with E-state index in [4.69, 9.17) is 9.79 Å². The van der Waals surface area contributed by atoms with Crippen LogP contribution in [0, 0.1) is 0 Å². The minimum absolute atomic E-state index is 0.112. The van der Waals surface area contributed by atoms with Crippen LogP contribution in [0.1, 0.15) is 168 Å². The van der Waals surface area contributed by atoms with Gasteiger partial charge in [0, 0.05) is 12.8 Å². The largest absolute Gasteiger partial charge is 0.469 e. The molecule has 0 atom stereocenters. The highest BCUT2D eigenvalue weighted by molar-refractivity contribution is 7.46. The van der Waals surface area contributed by atoms with Crippen molar-refractivity contribution in [3.63, 3.8) is 0 Å². The van der Waals surface area contributed by atoms with Gasteiger partial charge in [-0.15, -0.1) is 0 Å². The summed E-state index contributed by atoms with van der Waals surface area (Å²) in [6.45, 7) is 4.00. The van der Waals surface area contributed by atoms with Crippen molar-refractivity contribution in [2.75, 3.05) is 13.2 Å². The van der Waals surface area contributed by atoms with Gasteiger partial charge in [0.2, 0.25) is 11.8 Å². The number of nitrogens with zero attached hydrogens (tertiary/aromatic N) is 1. The first-order valence-corrected chi connectivity index (χ1v) is 17.4. The van der Waals surface area contributed by atoms with Crippen LogP contribution in [0.15, 0.2) is 0 Å². The number of rotatable bonds is 28. The Morgan fingerprint density at radius 1 is 0.553 bits per heavy atom. The highest BCUT2D eigenvalue weighted by Crippen LogP contribution is 2.35. The maximum absolute atomic E-state index is 12.8. The van der Waals surface area contributed by atoms with Crippen LogP contribution in [0.3, 0.4) is 0 Å². The molecule has 8 heteroatoms. The molecule has 0 radical (unpaired) electrons. The summed E-state index contributed by atoms with van der Waals surface area (Å²) in [5, 5.41) is 0. The molecule has 38 heavy (non-hydrogen) atoms. The molecule has 0 saturated carbocycles. The van der Waals surface area contributed by atoms with Gasteiger partial charge < -0.3 is 9.79 Å². The molecule has 0 aliphatic heterocycles. The molecule has 0 bridgehead atoms. The zero-order chi connectivity index (χ0) is 28.3. The summed E-state index contributed by atoms with van der Waals surface area (Å²) < 4.78 is 15.5. The minimum Gasteiger partial charge on any atom is -0.303 e. The number of phosphoric acid groups is 1. The molecule has 2 amide bonds. The van der Waals surface area contributed by atoms with Gasteiger partial charge in [-0.1, -0.05) is 142 Å². The van der Waals surface area contributed by atoms with Gasteiger partial charge in [-0.25, -0.2) is 4.57 Å². The Labute approximate surface area is 234 Å². The van der Waals surface area contributed by atoms with E-state index in [0.29, 0.717) is 0 Å². The third kappa shape index (κ3) is 25.5. The first kappa shape index (κ1) is 37.2. The van der Waals surface area contributed by atoms with E-state index in [-0.39, 0.29) is 37.8 Å². The van der Waals surface area contributed by atoms with Crippen LogP contribution in [-0.4, -0.2) is 39.7 Å². The average Bonchev–Trinajstić information content (AvgIpc) is 2.87. The van der Waals surface area contributed by atoms with E-state index in [0.717, 1.165) is 43.4 Å². The first-order valence-electron chi connectivity index (χ1n) is 15.8. The van der Waals surface area contributed by atoms with Gasteiger partial charge in [0.25, 0.3) is 0 Å². The van der Waals surface area contributed by atoms with Gasteiger partial charge in [-0.3, -0.25) is 19.0 Å². The first-order chi connectivity index (χ1) is 18.3. The Hall–Kier alpha value is -0.750. The molecule has 0 saturated heterocycles. The zero-order valence-corrected chi connectivity index (χ0v) is 25.7. The van der Waals surface area contributed by atoms with Crippen LogP contribution >= 0.6 is 7.82 Å². The highest BCUT2D eigenvalue weighted by atomic mass is 31.2. The Balaban J connectivity index is 4.16. The van der Waals surface area contributed by atoms with Crippen LogP contribution in [0.5, 0.6) is 0 Å². The smallest absolute Gasteiger partial charge is 0.303 e. The molecule has 0 fully saturated rings. The molecule has 226 valence electrons. The van der Waals surface area contributed by atoms with Crippen molar-refractivity contribution in [2.24, 2.45) is 0 Å². The predicted octanol–water partition coefficient (Wildman–Crippen LogP) is 8.85. The third-order valence-electron chi connectivity index (χ3n) is 7.16. The molecule has 2 N–H and O–H groups in total. The van der Waals surface area contributed by atoms with Crippen LogP contribution < -0.4 is 0 Å². The highest BCUT2D eigenvalue weighted by Gasteiger charge is 2.22. The van der Waals surface area contributed by atoms with E-state index in [1.165, 1.54) is 103 Å². The summed E-state index contributed by atoms with van der Waals surface area (Å²) in [6, 6.07) is 0. The van der Waals surface area contributed by atoms with Crippen LogP contribution in [0.25, 0.3) is 0 Å². The van der Waals surface area contributed by atoms with E-state index in [2.05, 4.69) is 18.4 Å². The maximum atomic E-state index is 12.8. The summed E-state index contributed by atoms with van der Waals surface area (Å²) in [4.78, 5) is 44.5. The van der Waals surface area contributed by atoms with Crippen LogP contribution in [-0.2, 0) is 18.7 Å². The lowest BCUT2D eigenvalue weighted by Gasteiger charge is -2.21.